The molecule has 3 aromatic carbocycles. The number of hydrogen-bond donors (Lipinski definition) is 4. The molecule has 0 aromatic heterocycles. The molecule has 3 atom stereocenters. The van der Waals surface area contributed by atoms with Crippen LogP contribution in [0.5, 0.6) is 40.2 Å². The molecule has 0 radical (unpaired) electrons. The molecule has 0 amide bonds. The average Bonchev–Trinajstić information content (AvgIpc) is 2.91. The molecule has 1 aliphatic heterocycles. The van der Waals surface area contributed by atoms with E-state index in [1.807, 2.05) is 18.2 Å². The number of aliphatic hydroxyl groups excluding tert-OH is 1. The van der Waals surface area contributed by atoms with Crippen molar-refractivity contribution in [3.8, 4) is 51.4 Å². The van der Waals surface area contributed by atoms with Gasteiger partial charge in [0.25, 0.3) is 0 Å². The highest BCUT2D eigenvalue weighted by atomic mass is 16.5. The Kier molecular flexibility index (Phi) is 7.16. The topological polar surface area (TPSA) is 118 Å². The Hall–Kier alpha value is -3.78. The SMILES string of the molecule is COc1cc([C@@H]2Oc3cc(OC)c4c(c3C[C@H]2O)C[C@@H](CCC(C)C)c2cc(O)ccc2-4)c(O)c(OC)c1O. The van der Waals surface area contributed by atoms with E-state index in [1.54, 1.807) is 13.2 Å². The van der Waals surface area contributed by atoms with Gasteiger partial charge in [-0.15, -0.1) is 0 Å². The first-order chi connectivity index (χ1) is 18.7. The lowest BCUT2D eigenvalue weighted by atomic mass is 9.73. The molecule has 0 bridgehead atoms. The smallest absolute Gasteiger partial charge is 0.207 e. The number of hydrogen-bond acceptors (Lipinski definition) is 8. The summed E-state index contributed by atoms with van der Waals surface area (Å²) in [6.07, 6.45) is 1.11. The predicted octanol–water partition coefficient (Wildman–Crippen LogP) is 5.61. The Balaban J connectivity index is 1.63. The molecule has 208 valence electrons. The highest BCUT2D eigenvalue weighted by Gasteiger charge is 2.39. The third kappa shape index (κ3) is 4.56. The zero-order chi connectivity index (χ0) is 28.0. The number of aliphatic hydroxyl groups is 1. The molecule has 39 heavy (non-hydrogen) atoms. The first kappa shape index (κ1) is 26.8. The molecule has 8 heteroatoms. The molecule has 1 aliphatic carbocycles. The number of rotatable bonds is 7. The molecular formula is C31H36O8. The van der Waals surface area contributed by atoms with Crippen LogP contribution in [0.15, 0.2) is 30.3 Å². The maximum Gasteiger partial charge on any atom is 0.207 e. The minimum Gasteiger partial charge on any atom is -0.508 e. The first-order valence-electron chi connectivity index (χ1n) is 13.3. The van der Waals surface area contributed by atoms with Gasteiger partial charge in [-0.3, -0.25) is 0 Å². The lowest BCUT2D eigenvalue weighted by Crippen LogP contribution is -2.32. The van der Waals surface area contributed by atoms with E-state index < -0.39 is 12.2 Å². The summed E-state index contributed by atoms with van der Waals surface area (Å²) in [5.41, 5.74) is 5.29. The van der Waals surface area contributed by atoms with Gasteiger partial charge in [0.2, 0.25) is 11.5 Å². The number of benzene rings is 3. The van der Waals surface area contributed by atoms with Gasteiger partial charge < -0.3 is 39.4 Å². The Morgan fingerprint density at radius 1 is 0.872 bits per heavy atom. The maximum atomic E-state index is 11.3. The second-order valence-electron chi connectivity index (χ2n) is 10.8. The van der Waals surface area contributed by atoms with E-state index in [-0.39, 0.29) is 40.2 Å². The van der Waals surface area contributed by atoms with Crippen LogP contribution in [0.25, 0.3) is 11.1 Å². The molecule has 3 aromatic rings. The van der Waals surface area contributed by atoms with Crippen molar-refractivity contribution in [1.29, 1.82) is 0 Å². The molecule has 0 unspecified atom stereocenters. The van der Waals surface area contributed by atoms with Crippen molar-refractivity contribution in [2.75, 3.05) is 21.3 Å². The largest absolute Gasteiger partial charge is 0.508 e. The molecule has 5 rings (SSSR count). The maximum absolute atomic E-state index is 11.3. The third-order valence-corrected chi connectivity index (χ3v) is 7.95. The highest BCUT2D eigenvalue weighted by Crippen LogP contribution is 2.54. The van der Waals surface area contributed by atoms with Gasteiger partial charge in [-0.05, 0) is 59.6 Å². The van der Waals surface area contributed by atoms with E-state index in [2.05, 4.69) is 13.8 Å². The number of ether oxygens (including phenoxy) is 4. The molecule has 1 heterocycles. The summed E-state index contributed by atoms with van der Waals surface area (Å²) < 4.78 is 22.7. The standard InChI is InChI=1S/C31H36O8/c1-15(2)6-7-16-10-21-20-12-23(33)30(22-13-26(37-4)29(35)31(38-5)28(22)34)39-24(20)14-25(36-3)27(21)18-9-8-17(32)11-19(16)18/h8-9,11,13-16,23,30,32-35H,6-7,10,12H2,1-5H3/t16-,23-,30+/m1/s1. The van der Waals surface area contributed by atoms with Gasteiger partial charge in [-0.25, -0.2) is 0 Å². The fourth-order valence-electron chi connectivity index (χ4n) is 6.00. The molecule has 2 aliphatic rings. The molecule has 0 spiro atoms. The van der Waals surface area contributed by atoms with E-state index in [4.69, 9.17) is 18.9 Å². The minimum absolute atomic E-state index is 0.0946. The third-order valence-electron chi connectivity index (χ3n) is 7.95. The van der Waals surface area contributed by atoms with Crippen LogP contribution in [-0.2, 0) is 12.8 Å². The Morgan fingerprint density at radius 2 is 1.62 bits per heavy atom. The average molecular weight is 537 g/mol. The zero-order valence-corrected chi connectivity index (χ0v) is 22.9. The minimum atomic E-state index is -0.991. The van der Waals surface area contributed by atoms with Gasteiger partial charge in [0, 0.05) is 29.2 Å². The number of aromatic hydroxyl groups is 3. The summed E-state index contributed by atoms with van der Waals surface area (Å²) in [4.78, 5) is 0. The van der Waals surface area contributed by atoms with Crippen LogP contribution < -0.4 is 18.9 Å². The van der Waals surface area contributed by atoms with Gasteiger partial charge in [-0.2, -0.15) is 0 Å². The molecule has 0 saturated heterocycles. The number of fused-ring (bicyclic) bond motifs is 5. The van der Waals surface area contributed by atoms with Gasteiger partial charge in [0.05, 0.1) is 27.4 Å². The Labute approximate surface area is 228 Å². The van der Waals surface area contributed by atoms with Crippen LogP contribution in [0.3, 0.4) is 0 Å². The van der Waals surface area contributed by atoms with Crippen molar-refractivity contribution < 1.29 is 39.4 Å². The van der Waals surface area contributed by atoms with Crippen LogP contribution in [0.4, 0.5) is 0 Å². The van der Waals surface area contributed by atoms with E-state index in [0.717, 1.165) is 47.1 Å². The van der Waals surface area contributed by atoms with Gasteiger partial charge in [-0.1, -0.05) is 26.3 Å². The summed E-state index contributed by atoms with van der Waals surface area (Å²) in [7, 11) is 4.34. The Morgan fingerprint density at radius 3 is 2.28 bits per heavy atom. The van der Waals surface area contributed by atoms with Crippen molar-refractivity contribution in [2.24, 2.45) is 5.92 Å². The second kappa shape index (κ2) is 10.4. The van der Waals surface area contributed by atoms with Crippen LogP contribution in [0.2, 0.25) is 0 Å². The van der Waals surface area contributed by atoms with E-state index in [1.165, 1.54) is 20.3 Å². The van der Waals surface area contributed by atoms with E-state index in [9.17, 15) is 20.4 Å². The highest BCUT2D eigenvalue weighted by molar-refractivity contribution is 5.82. The van der Waals surface area contributed by atoms with Crippen molar-refractivity contribution in [3.63, 3.8) is 0 Å². The fraction of sp³-hybridized carbons (Fsp3) is 0.419. The summed E-state index contributed by atoms with van der Waals surface area (Å²) in [5.74, 6) is 1.47. The fourth-order valence-corrected chi connectivity index (χ4v) is 6.00. The zero-order valence-electron chi connectivity index (χ0n) is 22.9. The van der Waals surface area contributed by atoms with E-state index in [0.29, 0.717) is 23.8 Å². The molecule has 8 nitrogen and oxygen atoms in total. The lowest BCUT2D eigenvalue weighted by Gasteiger charge is -2.37. The van der Waals surface area contributed by atoms with Crippen LogP contribution in [0.1, 0.15) is 61.0 Å². The van der Waals surface area contributed by atoms with Crippen LogP contribution in [0, 0.1) is 5.92 Å². The molecular weight excluding hydrogens is 500 g/mol. The monoisotopic (exact) mass is 536 g/mol. The van der Waals surface area contributed by atoms with Gasteiger partial charge in [0.1, 0.15) is 17.2 Å². The number of phenols is 3. The first-order valence-corrected chi connectivity index (χ1v) is 13.3. The molecule has 4 N–H and O–H groups in total. The summed E-state index contributed by atoms with van der Waals surface area (Å²) in [6.45, 7) is 4.41. The van der Waals surface area contributed by atoms with Crippen molar-refractivity contribution >= 4 is 0 Å². The second-order valence-corrected chi connectivity index (χ2v) is 10.8. The van der Waals surface area contributed by atoms with E-state index >= 15 is 0 Å². The van der Waals surface area contributed by atoms with Crippen molar-refractivity contribution in [3.05, 3.63) is 52.6 Å². The Bertz CT molecular complexity index is 1400. The molecule has 0 fully saturated rings. The van der Waals surface area contributed by atoms with Gasteiger partial charge in [0.15, 0.2) is 17.6 Å². The summed E-state index contributed by atoms with van der Waals surface area (Å²) in [6, 6.07) is 8.77. The number of phenolic OH excluding ortho intramolecular Hbond substituents is 3. The predicted molar refractivity (Wildman–Crippen MR) is 147 cm³/mol. The van der Waals surface area contributed by atoms with Crippen molar-refractivity contribution in [1.82, 2.24) is 0 Å². The number of methoxy groups -OCH3 is 3. The summed E-state index contributed by atoms with van der Waals surface area (Å²) in [5, 5.41) is 42.9. The quantitative estimate of drug-likeness (QED) is 0.308. The molecule has 0 saturated carbocycles. The normalized spacial score (nSPS) is 19.5. The van der Waals surface area contributed by atoms with Gasteiger partial charge >= 0.3 is 0 Å². The van der Waals surface area contributed by atoms with Crippen LogP contribution in [-0.4, -0.2) is 47.9 Å². The summed E-state index contributed by atoms with van der Waals surface area (Å²) >= 11 is 0. The lowest BCUT2D eigenvalue weighted by molar-refractivity contribution is 0.0187. The van der Waals surface area contributed by atoms with Crippen LogP contribution >= 0.6 is 0 Å². The van der Waals surface area contributed by atoms with Crippen molar-refractivity contribution in [2.45, 2.75) is 57.7 Å².